The summed E-state index contributed by atoms with van der Waals surface area (Å²) in [5.74, 6) is 2.32. The van der Waals surface area contributed by atoms with Gasteiger partial charge in [0.1, 0.15) is 22.3 Å². The summed E-state index contributed by atoms with van der Waals surface area (Å²) < 4.78 is 16.3. The van der Waals surface area contributed by atoms with Gasteiger partial charge in [0.05, 0.1) is 26.0 Å². The number of benzene rings is 2. The fourth-order valence-corrected chi connectivity index (χ4v) is 4.50. The van der Waals surface area contributed by atoms with E-state index in [4.69, 9.17) is 19.2 Å². The Bertz CT molecular complexity index is 1030. The number of hydrogen-bond donors (Lipinski definition) is 0. The molecular formula is C25H29N3O4S. The normalized spacial score (nSPS) is 14.2. The van der Waals surface area contributed by atoms with E-state index in [2.05, 4.69) is 10.3 Å². The number of methoxy groups -OCH3 is 1. The molecule has 1 aromatic heterocycles. The van der Waals surface area contributed by atoms with Crippen molar-refractivity contribution in [2.75, 3.05) is 46.5 Å². The molecule has 2 heterocycles. The molecule has 7 nitrogen and oxygen atoms in total. The number of nitrogens with zero attached hydrogens (tertiary/aromatic N) is 3. The molecule has 0 aliphatic carbocycles. The predicted molar refractivity (Wildman–Crippen MR) is 129 cm³/mol. The molecule has 3 aromatic rings. The van der Waals surface area contributed by atoms with Gasteiger partial charge in [-0.05, 0) is 55.5 Å². The van der Waals surface area contributed by atoms with Crippen LogP contribution in [0, 0.1) is 0 Å². The Morgan fingerprint density at radius 1 is 0.939 bits per heavy atom. The van der Waals surface area contributed by atoms with Crippen molar-refractivity contribution < 1.29 is 19.0 Å². The summed E-state index contributed by atoms with van der Waals surface area (Å²) in [7, 11) is 1.66. The van der Waals surface area contributed by atoms with Crippen LogP contribution in [0.15, 0.2) is 53.9 Å². The van der Waals surface area contributed by atoms with Gasteiger partial charge in [0.15, 0.2) is 6.61 Å². The molecule has 174 valence electrons. The molecule has 1 aliphatic heterocycles. The average Bonchev–Trinajstić information content (AvgIpc) is 3.32. The largest absolute Gasteiger partial charge is 0.497 e. The van der Waals surface area contributed by atoms with Crippen LogP contribution in [0.4, 0.5) is 0 Å². The summed E-state index contributed by atoms with van der Waals surface area (Å²) in [5.41, 5.74) is 2.07. The van der Waals surface area contributed by atoms with Crippen LogP contribution in [-0.4, -0.2) is 67.2 Å². The molecule has 0 N–H and O–H groups in total. The van der Waals surface area contributed by atoms with E-state index in [0.29, 0.717) is 25.4 Å². The molecule has 0 bridgehead atoms. The number of rotatable bonds is 9. The minimum Gasteiger partial charge on any atom is -0.497 e. The van der Waals surface area contributed by atoms with Crippen LogP contribution < -0.4 is 14.2 Å². The van der Waals surface area contributed by atoms with Crippen molar-refractivity contribution in [2.24, 2.45) is 0 Å². The quantitative estimate of drug-likeness (QED) is 0.475. The minimum atomic E-state index is 0.0135. The second-order valence-corrected chi connectivity index (χ2v) is 8.65. The maximum atomic E-state index is 12.6. The predicted octanol–water partition coefficient (Wildman–Crippen LogP) is 3.94. The molecule has 1 aliphatic rings. The first-order valence-corrected chi connectivity index (χ1v) is 12.0. The first kappa shape index (κ1) is 23.1. The molecule has 0 unspecified atom stereocenters. The van der Waals surface area contributed by atoms with E-state index >= 15 is 0 Å². The summed E-state index contributed by atoms with van der Waals surface area (Å²) in [6.45, 7) is 6.46. The number of hydrogen-bond acceptors (Lipinski definition) is 7. The van der Waals surface area contributed by atoms with E-state index in [1.165, 1.54) is 0 Å². The zero-order valence-corrected chi connectivity index (χ0v) is 19.8. The lowest BCUT2D eigenvalue weighted by Gasteiger charge is -2.34. The van der Waals surface area contributed by atoms with Gasteiger partial charge in [-0.2, -0.15) is 0 Å². The number of piperazine rings is 1. The van der Waals surface area contributed by atoms with Gasteiger partial charge in [0.25, 0.3) is 5.91 Å². The maximum absolute atomic E-state index is 12.6. The third kappa shape index (κ3) is 6.24. The maximum Gasteiger partial charge on any atom is 0.260 e. The first-order valence-electron chi connectivity index (χ1n) is 11.1. The summed E-state index contributed by atoms with van der Waals surface area (Å²) in [4.78, 5) is 21.6. The van der Waals surface area contributed by atoms with E-state index in [-0.39, 0.29) is 12.5 Å². The van der Waals surface area contributed by atoms with Crippen molar-refractivity contribution in [3.05, 3.63) is 58.9 Å². The lowest BCUT2D eigenvalue weighted by molar-refractivity contribution is -0.135. The van der Waals surface area contributed by atoms with Gasteiger partial charge in [-0.25, -0.2) is 4.98 Å². The summed E-state index contributed by atoms with van der Waals surface area (Å²) >= 11 is 1.67. The minimum absolute atomic E-state index is 0.0135. The van der Waals surface area contributed by atoms with Crippen molar-refractivity contribution in [3.63, 3.8) is 0 Å². The molecular weight excluding hydrogens is 438 g/mol. The lowest BCUT2D eigenvalue weighted by atomic mass is 10.2. The molecule has 0 radical (unpaired) electrons. The van der Waals surface area contributed by atoms with Crippen molar-refractivity contribution in [3.8, 4) is 28.5 Å². The summed E-state index contributed by atoms with van der Waals surface area (Å²) in [6, 6.07) is 15.3. The molecule has 1 fully saturated rings. The molecule has 4 rings (SSSR count). The highest BCUT2D eigenvalue weighted by atomic mass is 32.1. The number of aromatic nitrogens is 1. The number of carbonyl (C=O) groups is 1. The number of carbonyl (C=O) groups excluding carboxylic acids is 1. The van der Waals surface area contributed by atoms with Crippen LogP contribution in [0.2, 0.25) is 0 Å². The van der Waals surface area contributed by atoms with Gasteiger partial charge in [0, 0.05) is 37.1 Å². The Morgan fingerprint density at radius 2 is 1.58 bits per heavy atom. The second-order valence-electron chi connectivity index (χ2n) is 7.71. The smallest absolute Gasteiger partial charge is 0.260 e. The molecule has 1 amide bonds. The molecule has 8 heteroatoms. The van der Waals surface area contributed by atoms with Crippen molar-refractivity contribution in [1.82, 2.24) is 14.8 Å². The molecule has 0 spiro atoms. The second kappa shape index (κ2) is 11.2. The van der Waals surface area contributed by atoms with Crippen LogP contribution >= 0.6 is 11.3 Å². The van der Waals surface area contributed by atoms with E-state index in [9.17, 15) is 4.79 Å². The van der Waals surface area contributed by atoms with Crippen LogP contribution in [0.3, 0.4) is 0 Å². The van der Waals surface area contributed by atoms with Crippen LogP contribution in [-0.2, 0) is 11.3 Å². The third-order valence-corrected chi connectivity index (χ3v) is 6.35. The Hall–Kier alpha value is -3.10. The van der Waals surface area contributed by atoms with Crippen LogP contribution in [0.1, 0.15) is 11.9 Å². The lowest BCUT2D eigenvalue weighted by Crippen LogP contribution is -2.49. The summed E-state index contributed by atoms with van der Waals surface area (Å²) in [5, 5.41) is 3.18. The highest BCUT2D eigenvalue weighted by Gasteiger charge is 2.22. The molecule has 1 saturated heterocycles. The average molecular weight is 468 g/mol. The standard InChI is InChI=1S/C25H29N3O4S/c1-3-31-21-8-10-22(11-9-21)32-17-25(29)28-14-12-27(13-15-28)16-24-26-23(18-33-24)19-4-6-20(30-2)7-5-19/h4-11,18H,3,12-17H2,1-2H3. The van der Waals surface area contributed by atoms with Crippen molar-refractivity contribution in [2.45, 2.75) is 13.5 Å². The number of amides is 1. The van der Waals surface area contributed by atoms with E-state index in [0.717, 1.165) is 47.4 Å². The zero-order valence-electron chi connectivity index (χ0n) is 19.0. The highest BCUT2D eigenvalue weighted by molar-refractivity contribution is 7.09. The monoisotopic (exact) mass is 467 g/mol. The Morgan fingerprint density at radius 3 is 2.21 bits per heavy atom. The van der Waals surface area contributed by atoms with Gasteiger partial charge in [0.2, 0.25) is 0 Å². The number of thiazole rings is 1. The van der Waals surface area contributed by atoms with E-state index in [1.807, 2.05) is 60.4 Å². The number of ether oxygens (including phenoxy) is 3. The zero-order chi connectivity index (χ0) is 23.0. The van der Waals surface area contributed by atoms with Gasteiger partial charge in [-0.15, -0.1) is 11.3 Å². The van der Waals surface area contributed by atoms with E-state index < -0.39 is 0 Å². The van der Waals surface area contributed by atoms with Gasteiger partial charge >= 0.3 is 0 Å². The SMILES string of the molecule is CCOc1ccc(OCC(=O)N2CCN(Cc3nc(-c4ccc(OC)cc4)cs3)CC2)cc1. The van der Waals surface area contributed by atoms with Gasteiger partial charge < -0.3 is 19.1 Å². The Balaban J connectivity index is 1.21. The third-order valence-electron chi connectivity index (χ3n) is 5.52. The van der Waals surface area contributed by atoms with Crippen molar-refractivity contribution in [1.29, 1.82) is 0 Å². The first-order chi connectivity index (χ1) is 16.1. The Labute approximate surface area is 198 Å². The van der Waals surface area contributed by atoms with Crippen LogP contribution in [0.5, 0.6) is 17.2 Å². The van der Waals surface area contributed by atoms with E-state index in [1.54, 1.807) is 18.4 Å². The molecule has 33 heavy (non-hydrogen) atoms. The molecule has 2 aromatic carbocycles. The molecule has 0 atom stereocenters. The summed E-state index contributed by atoms with van der Waals surface area (Å²) in [6.07, 6.45) is 0. The fraction of sp³-hybridized carbons (Fsp3) is 0.360. The Kier molecular flexibility index (Phi) is 7.80. The topological polar surface area (TPSA) is 64.1 Å². The van der Waals surface area contributed by atoms with Gasteiger partial charge in [-0.1, -0.05) is 0 Å². The highest BCUT2D eigenvalue weighted by Crippen LogP contribution is 2.25. The fourth-order valence-electron chi connectivity index (χ4n) is 3.66. The van der Waals surface area contributed by atoms with Crippen molar-refractivity contribution >= 4 is 17.2 Å². The molecule has 0 saturated carbocycles. The van der Waals surface area contributed by atoms with Gasteiger partial charge in [-0.3, -0.25) is 9.69 Å². The van der Waals surface area contributed by atoms with Crippen LogP contribution in [0.25, 0.3) is 11.3 Å².